The number of aryl methyl sites for hydroxylation is 1. The van der Waals surface area contributed by atoms with Crippen LogP contribution in [0.4, 0.5) is 0 Å². The van der Waals surface area contributed by atoms with Crippen LogP contribution in [0.3, 0.4) is 0 Å². The van der Waals surface area contributed by atoms with Crippen molar-refractivity contribution >= 4 is 27.8 Å². The SMILES string of the molecule is Cc1ccc(Br)cc1CNC(=O)[C@@H]1CC[C@H](C(=O)O)C1. The summed E-state index contributed by atoms with van der Waals surface area (Å²) in [5.74, 6) is -1.35. The van der Waals surface area contributed by atoms with Gasteiger partial charge in [0.05, 0.1) is 5.92 Å². The molecule has 0 radical (unpaired) electrons. The topological polar surface area (TPSA) is 66.4 Å². The molecule has 5 heteroatoms. The Morgan fingerprint density at radius 3 is 2.70 bits per heavy atom. The molecule has 1 aromatic carbocycles. The van der Waals surface area contributed by atoms with Crippen LogP contribution < -0.4 is 5.32 Å². The number of carboxylic acids is 1. The second kappa shape index (κ2) is 6.39. The summed E-state index contributed by atoms with van der Waals surface area (Å²) in [6.07, 6.45) is 1.72. The Hall–Kier alpha value is -1.36. The maximum absolute atomic E-state index is 12.1. The zero-order valence-corrected chi connectivity index (χ0v) is 12.9. The molecule has 1 aromatic rings. The number of amides is 1. The van der Waals surface area contributed by atoms with Crippen LogP contribution in [0.1, 0.15) is 30.4 Å². The number of carbonyl (C=O) groups excluding carboxylic acids is 1. The third-order valence-corrected chi connectivity index (χ3v) is 4.41. The zero-order valence-electron chi connectivity index (χ0n) is 11.4. The van der Waals surface area contributed by atoms with E-state index in [2.05, 4.69) is 21.2 Å². The summed E-state index contributed by atoms with van der Waals surface area (Å²) in [6, 6.07) is 5.96. The zero-order chi connectivity index (χ0) is 14.7. The Morgan fingerprint density at radius 2 is 2.05 bits per heavy atom. The van der Waals surface area contributed by atoms with E-state index in [0.717, 1.165) is 15.6 Å². The lowest BCUT2D eigenvalue weighted by molar-refractivity contribution is -0.141. The van der Waals surface area contributed by atoms with E-state index < -0.39 is 5.97 Å². The number of carbonyl (C=O) groups is 2. The first-order valence-electron chi connectivity index (χ1n) is 6.73. The molecule has 2 atom stereocenters. The first-order valence-corrected chi connectivity index (χ1v) is 7.52. The van der Waals surface area contributed by atoms with Crippen LogP contribution in [-0.2, 0) is 16.1 Å². The average Bonchev–Trinajstić information content (AvgIpc) is 2.89. The van der Waals surface area contributed by atoms with E-state index in [1.165, 1.54) is 0 Å². The highest BCUT2D eigenvalue weighted by Gasteiger charge is 2.33. The second-order valence-electron chi connectivity index (χ2n) is 5.33. The molecule has 108 valence electrons. The third-order valence-electron chi connectivity index (χ3n) is 3.92. The van der Waals surface area contributed by atoms with Gasteiger partial charge in [-0.3, -0.25) is 9.59 Å². The first kappa shape index (κ1) is 15.0. The Kier molecular flexibility index (Phi) is 4.81. The van der Waals surface area contributed by atoms with Crippen molar-refractivity contribution in [2.75, 3.05) is 0 Å². The van der Waals surface area contributed by atoms with Gasteiger partial charge in [-0.15, -0.1) is 0 Å². The minimum atomic E-state index is -0.789. The van der Waals surface area contributed by atoms with E-state index in [9.17, 15) is 9.59 Å². The van der Waals surface area contributed by atoms with Gasteiger partial charge in [-0.05, 0) is 49.4 Å². The second-order valence-corrected chi connectivity index (χ2v) is 6.25. The van der Waals surface area contributed by atoms with Crippen LogP contribution in [0, 0.1) is 18.8 Å². The average molecular weight is 340 g/mol. The highest BCUT2D eigenvalue weighted by Crippen LogP contribution is 2.31. The molecule has 20 heavy (non-hydrogen) atoms. The minimum Gasteiger partial charge on any atom is -0.481 e. The van der Waals surface area contributed by atoms with E-state index >= 15 is 0 Å². The van der Waals surface area contributed by atoms with Crippen molar-refractivity contribution in [1.82, 2.24) is 5.32 Å². The predicted molar refractivity (Wildman–Crippen MR) is 79.2 cm³/mol. The lowest BCUT2D eigenvalue weighted by atomic mass is 10.0. The molecule has 4 nitrogen and oxygen atoms in total. The van der Waals surface area contributed by atoms with Gasteiger partial charge in [-0.2, -0.15) is 0 Å². The molecule has 1 fully saturated rings. The lowest BCUT2D eigenvalue weighted by Gasteiger charge is -2.12. The van der Waals surface area contributed by atoms with Crippen LogP contribution in [0.15, 0.2) is 22.7 Å². The van der Waals surface area contributed by atoms with Crippen LogP contribution in [0.25, 0.3) is 0 Å². The standard InChI is InChI=1S/C15H18BrNO3/c1-9-2-5-13(16)7-12(9)8-17-14(18)10-3-4-11(6-10)15(19)20/h2,5,7,10-11H,3-4,6,8H2,1H3,(H,17,18)(H,19,20)/t10-,11+/m1/s1. The van der Waals surface area contributed by atoms with Gasteiger partial charge in [0.1, 0.15) is 0 Å². The van der Waals surface area contributed by atoms with Gasteiger partial charge < -0.3 is 10.4 Å². The molecule has 0 aromatic heterocycles. The summed E-state index contributed by atoms with van der Waals surface area (Å²) in [6.45, 7) is 2.49. The molecule has 0 saturated heterocycles. The van der Waals surface area contributed by atoms with Crippen molar-refractivity contribution in [3.8, 4) is 0 Å². The highest BCUT2D eigenvalue weighted by molar-refractivity contribution is 9.10. The van der Waals surface area contributed by atoms with Crippen molar-refractivity contribution in [3.05, 3.63) is 33.8 Å². The number of halogens is 1. The number of hydrogen-bond donors (Lipinski definition) is 2. The Labute approximate surface area is 126 Å². The number of benzene rings is 1. The maximum atomic E-state index is 12.1. The Morgan fingerprint density at radius 1 is 1.35 bits per heavy atom. The first-order chi connectivity index (χ1) is 9.47. The quantitative estimate of drug-likeness (QED) is 0.886. The van der Waals surface area contributed by atoms with Crippen LogP contribution in [0.5, 0.6) is 0 Å². The molecule has 1 aliphatic rings. The fourth-order valence-corrected chi connectivity index (χ4v) is 3.01. The molecule has 0 aliphatic heterocycles. The molecule has 1 amide bonds. The molecule has 1 aliphatic carbocycles. The normalized spacial score (nSPS) is 21.7. The molecule has 0 bridgehead atoms. The number of hydrogen-bond acceptors (Lipinski definition) is 2. The largest absolute Gasteiger partial charge is 0.481 e. The van der Waals surface area contributed by atoms with Gasteiger partial charge in [-0.25, -0.2) is 0 Å². The summed E-state index contributed by atoms with van der Waals surface area (Å²) in [5, 5.41) is 11.9. The number of nitrogens with one attached hydrogen (secondary N) is 1. The van der Waals surface area contributed by atoms with Gasteiger partial charge >= 0.3 is 5.97 Å². The van der Waals surface area contributed by atoms with Gasteiger partial charge in [0, 0.05) is 16.9 Å². The van der Waals surface area contributed by atoms with Gasteiger partial charge in [0.25, 0.3) is 0 Å². The maximum Gasteiger partial charge on any atom is 0.306 e. The Bertz CT molecular complexity index is 530. The molecule has 1 saturated carbocycles. The summed E-state index contributed by atoms with van der Waals surface area (Å²) >= 11 is 3.42. The van der Waals surface area contributed by atoms with E-state index in [-0.39, 0.29) is 17.7 Å². The molecule has 2 rings (SSSR count). The monoisotopic (exact) mass is 339 g/mol. The summed E-state index contributed by atoms with van der Waals surface area (Å²) < 4.78 is 0.985. The van der Waals surface area contributed by atoms with Crippen molar-refractivity contribution in [1.29, 1.82) is 0 Å². The third kappa shape index (κ3) is 3.60. The molecule has 0 heterocycles. The van der Waals surface area contributed by atoms with Crippen molar-refractivity contribution < 1.29 is 14.7 Å². The van der Waals surface area contributed by atoms with Crippen molar-refractivity contribution in [3.63, 3.8) is 0 Å². The fourth-order valence-electron chi connectivity index (χ4n) is 2.60. The fraction of sp³-hybridized carbons (Fsp3) is 0.467. The smallest absolute Gasteiger partial charge is 0.306 e. The molecule has 0 spiro atoms. The van der Waals surface area contributed by atoms with Gasteiger partial charge in [-0.1, -0.05) is 22.0 Å². The summed E-state index contributed by atoms with van der Waals surface area (Å²) in [4.78, 5) is 23.0. The van der Waals surface area contributed by atoms with E-state index in [0.29, 0.717) is 25.8 Å². The highest BCUT2D eigenvalue weighted by atomic mass is 79.9. The van der Waals surface area contributed by atoms with E-state index in [1.54, 1.807) is 0 Å². The van der Waals surface area contributed by atoms with Crippen LogP contribution >= 0.6 is 15.9 Å². The molecule has 2 N–H and O–H groups in total. The summed E-state index contributed by atoms with van der Waals surface area (Å²) in [7, 11) is 0. The number of aliphatic carboxylic acids is 1. The van der Waals surface area contributed by atoms with Crippen molar-refractivity contribution in [2.24, 2.45) is 11.8 Å². The molecular formula is C15H18BrNO3. The lowest BCUT2D eigenvalue weighted by Crippen LogP contribution is -2.29. The van der Waals surface area contributed by atoms with Crippen molar-refractivity contribution in [2.45, 2.75) is 32.7 Å². The number of carboxylic acid groups (broad SMARTS) is 1. The van der Waals surface area contributed by atoms with E-state index in [1.807, 2.05) is 25.1 Å². The van der Waals surface area contributed by atoms with Gasteiger partial charge in [0.2, 0.25) is 5.91 Å². The van der Waals surface area contributed by atoms with Crippen LogP contribution in [-0.4, -0.2) is 17.0 Å². The number of rotatable bonds is 4. The molecular weight excluding hydrogens is 322 g/mol. The molecule has 0 unspecified atom stereocenters. The summed E-state index contributed by atoms with van der Waals surface area (Å²) in [5.41, 5.74) is 2.20. The Balaban J connectivity index is 1.90. The van der Waals surface area contributed by atoms with Crippen LogP contribution in [0.2, 0.25) is 0 Å². The minimum absolute atomic E-state index is 0.0341. The van der Waals surface area contributed by atoms with Gasteiger partial charge in [0.15, 0.2) is 0 Å². The van der Waals surface area contributed by atoms with E-state index in [4.69, 9.17) is 5.11 Å². The predicted octanol–water partition coefficient (Wildman–Crippen LogP) is 2.87.